The van der Waals surface area contributed by atoms with E-state index in [0.717, 1.165) is 62.1 Å². The number of carbonyl (C=O) groups is 1. The Labute approximate surface area is 364 Å². The van der Waals surface area contributed by atoms with Crippen LogP contribution >= 0.6 is 0 Å². The summed E-state index contributed by atoms with van der Waals surface area (Å²) in [4.78, 5) is 22.5. The van der Waals surface area contributed by atoms with E-state index >= 15 is 0 Å². The summed E-state index contributed by atoms with van der Waals surface area (Å²) in [6.07, 6.45) is 2.31. The maximum absolute atomic E-state index is 12.8. The van der Waals surface area contributed by atoms with Crippen molar-refractivity contribution in [3.8, 4) is 45.0 Å². The standard InChI is InChI=1S/C57H38N2O4/c1-61-34-24-26-40-46(28-34)56(42-16-8-4-12-36(42)37-13-5-9-17-43(37)56)48-30-50(58-53(40)48)52(32-20-22-33(23-21-32)55(60)63-3)51-31-49-54(59-51)41-27-25-35(62-2)29-47(41)57(49)44-18-10-6-14-38(44)39-15-7-11-19-45(39)57/h4-31,58H,1-3H3/b52-51+. The highest BCUT2D eigenvalue weighted by molar-refractivity contribution is 6.24. The molecule has 8 aromatic rings. The summed E-state index contributed by atoms with van der Waals surface area (Å²) in [5, 5.41) is 0. The van der Waals surface area contributed by atoms with Gasteiger partial charge in [0, 0.05) is 28.0 Å². The number of hydrogen-bond acceptors (Lipinski definition) is 5. The van der Waals surface area contributed by atoms with E-state index in [1.165, 1.54) is 68.3 Å². The van der Waals surface area contributed by atoms with Crippen LogP contribution in [0.4, 0.5) is 0 Å². The van der Waals surface area contributed by atoms with Crippen LogP contribution < -0.4 is 9.47 Å². The molecule has 0 bridgehead atoms. The monoisotopic (exact) mass is 814 g/mol. The van der Waals surface area contributed by atoms with Gasteiger partial charge in [-0.3, -0.25) is 0 Å². The third kappa shape index (κ3) is 4.42. The van der Waals surface area contributed by atoms with Gasteiger partial charge in [-0.2, -0.15) is 0 Å². The third-order valence-electron chi connectivity index (χ3n) is 14.2. The molecular weight excluding hydrogens is 777 g/mol. The fourth-order valence-electron chi connectivity index (χ4n) is 11.7. The topological polar surface area (TPSA) is 72.9 Å². The minimum atomic E-state index is -0.617. The molecule has 63 heavy (non-hydrogen) atoms. The van der Waals surface area contributed by atoms with Crippen molar-refractivity contribution < 1.29 is 19.0 Å². The minimum Gasteiger partial charge on any atom is -0.497 e. The van der Waals surface area contributed by atoms with Crippen molar-refractivity contribution in [1.29, 1.82) is 0 Å². The van der Waals surface area contributed by atoms with Gasteiger partial charge >= 0.3 is 5.97 Å². The van der Waals surface area contributed by atoms with Crippen LogP contribution in [0.25, 0.3) is 39.1 Å². The first kappa shape index (κ1) is 35.8. The average Bonchev–Trinajstić information content (AvgIpc) is 4.18. The molecule has 0 fully saturated rings. The first-order valence-corrected chi connectivity index (χ1v) is 21.2. The van der Waals surface area contributed by atoms with Gasteiger partial charge in [0.05, 0.1) is 54.8 Å². The smallest absolute Gasteiger partial charge is 0.337 e. The van der Waals surface area contributed by atoms with Crippen LogP contribution in [0.15, 0.2) is 186 Å². The van der Waals surface area contributed by atoms with E-state index < -0.39 is 10.8 Å². The van der Waals surface area contributed by atoms with Crippen LogP contribution in [0.2, 0.25) is 0 Å². The van der Waals surface area contributed by atoms with E-state index in [1.54, 1.807) is 14.2 Å². The Morgan fingerprint density at radius 3 is 1.52 bits per heavy atom. The van der Waals surface area contributed by atoms with Crippen molar-refractivity contribution in [3.63, 3.8) is 0 Å². The molecule has 0 atom stereocenters. The fraction of sp³-hybridized carbons (Fsp3) is 0.0877. The van der Waals surface area contributed by atoms with E-state index in [9.17, 15) is 4.79 Å². The Balaban J connectivity index is 1.11. The number of aromatic nitrogens is 1. The Kier molecular flexibility index (Phi) is 7.26. The number of carbonyl (C=O) groups excluding carboxylic acids is 1. The number of aromatic amines is 1. The highest BCUT2D eigenvalue weighted by atomic mass is 16.5. The number of rotatable bonds is 5. The van der Waals surface area contributed by atoms with Crippen molar-refractivity contribution in [2.24, 2.45) is 4.99 Å². The van der Waals surface area contributed by atoms with Gasteiger partial charge in [0.1, 0.15) is 11.5 Å². The molecule has 0 unspecified atom stereocenters. The quantitative estimate of drug-likeness (QED) is 0.176. The molecule has 0 saturated heterocycles. The maximum Gasteiger partial charge on any atom is 0.337 e. The van der Waals surface area contributed by atoms with Crippen molar-refractivity contribution >= 4 is 17.3 Å². The zero-order valence-electron chi connectivity index (χ0n) is 34.7. The lowest BCUT2D eigenvalue weighted by molar-refractivity contribution is 0.0600. The Morgan fingerprint density at radius 1 is 0.492 bits per heavy atom. The number of methoxy groups -OCH3 is 3. The first-order valence-electron chi connectivity index (χ1n) is 21.2. The van der Waals surface area contributed by atoms with Crippen molar-refractivity contribution in [3.05, 3.63) is 242 Å². The highest BCUT2D eigenvalue weighted by Crippen LogP contribution is 2.65. The summed E-state index contributed by atoms with van der Waals surface area (Å²) < 4.78 is 16.9. The zero-order chi connectivity index (χ0) is 42.2. The number of nitrogens with zero attached hydrogens (tertiary/aromatic N) is 1. The maximum atomic E-state index is 12.8. The van der Waals surface area contributed by atoms with Gasteiger partial charge in [0.15, 0.2) is 0 Å². The molecule has 2 spiro atoms. The second kappa shape index (κ2) is 12.8. The van der Waals surface area contributed by atoms with Crippen LogP contribution in [0.1, 0.15) is 66.1 Å². The Hall–Kier alpha value is -7.96. The molecule has 6 heteroatoms. The predicted molar refractivity (Wildman–Crippen MR) is 247 cm³/mol. The van der Waals surface area contributed by atoms with Crippen molar-refractivity contribution in [2.75, 3.05) is 21.3 Å². The predicted octanol–water partition coefficient (Wildman–Crippen LogP) is 11.7. The van der Waals surface area contributed by atoms with Crippen molar-refractivity contribution in [2.45, 2.75) is 10.8 Å². The molecule has 5 aliphatic rings. The second-order valence-corrected chi connectivity index (χ2v) is 16.8. The largest absolute Gasteiger partial charge is 0.497 e. The summed E-state index contributed by atoms with van der Waals surface area (Å²) in [6, 6.07) is 58.1. The average molecular weight is 815 g/mol. The highest BCUT2D eigenvalue weighted by Gasteiger charge is 2.56. The second-order valence-electron chi connectivity index (χ2n) is 16.8. The SMILES string of the molecule is COC(=O)c1ccc(/C(=C2/C=C3C(=N2)c2ccc(OC)cc2C32c3ccccc3-c3ccccc32)c2cc3c([nH]2)-c2ccc(OC)cc2C32c3ccccc3-c3ccccc32)cc1. The molecule has 0 amide bonds. The van der Waals surface area contributed by atoms with Gasteiger partial charge in [0.25, 0.3) is 0 Å². The number of ether oxygens (including phenoxy) is 3. The first-order chi connectivity index (χ1) is 31.0. The molecule has 2 heterocycles. The number of allylic oxidation sites excluding steroid dienone is 2. The lowest BCUT2D eigenvalue weighted by atomic mass is 9.70. The van der Waals surface area contributed by atoms with E-state index in [1.807, 2.05) is 30.3 Å². The number of esters is 1. The van der Waals surface area contributed by atoms with E-state index in [4.69, 9.17) is 19.2 Å². The third-order valence-corrected chi connectivity index (χ3v) is 14.2. The van der Waals surface area contributed by atoms with E-state index in [0.29, 0.717) is 5.56 Å². The van der Waals surface area contributed by atoms with Crippen LogP contribution in [0.3, 0.4) is 0 Å². The van der Waals surface area contributed by atoms with Gasteiger partial charge in [-0.25, -0.2) is 9.79 Å². The molecule has 1 N–H and O–H groups in total. The summed E-state index contributed by atoms with van der Waals surface area (Å²) in [5.41, 5.74) is 21.6. The van der Waals surface area contributed by atoms with E-state index in [-0.39, 0.29) is 5.97 Å². The van der Waals surface area contributed by atoms with Gasteiger partial charge in [-0.1, -0.05) is 109 Å². The summed E-state index contributed by atoms with van der Waals surface area (Å²) in [6.45, 7) is 0. The molecular formula is C57H38N2O4. The van der Waals surface area contributed by atoms with E-state index in [2.05, 4.69) is 145 Å². The number of fused-ring (bicyclic) bond motifs is 20. The molecule has 0 saturated carbocycles. The Morgan fingerprint density at radius 2 is 0.984 bits per heavy atom. The van der Waals surface area contributed by atoms with Gasteiger partial charge in [-0.15, -0.1) is 0 Å². The lowest BCUT2D eigenvalue weighted by Crippen LogP contribution is -2.26. The molecule has 1 aromatic heterocycles. The lowest BCUT2D eigenvalue weighted by Gasteiger charge is -2.30. The summed E-state index contributed by atoms with van der Waals surface area (Å²) in [7, 11) is 4.87. The number of benzene rings is 7. The van der Waals surface area contributed by atoms with Crippen LogP contribution in [-0.4, -0.2) is 38.0 Å². The fourth-order valence-corrected chi connectivity index (χ4v) is 11.7. The number of nitrogens with one attached hydrogen (secondary N) is 1. The molecule has 1 aliphatic heterocycles. The van der Waals surface area contributed by atoms with Crippen LogP contribution in [0, 0.1) is 0 Å². The minimum absolute atomic E-state index is 0.382. The van der Waals surface area contributed by atoms with Crippen LogP contribution in [0.5, 0.6) is 11.5 Å². The van der Waals surface area contributed by atoms with Gasteiger partial charge < -0.3 is 19.2 Å². The van der Waals surface area contributed by atoms with Gasteiger partial charge in [0.2, 0.25) is 0 Å². The van der Waals surface area contributed by atoms with Gasteiger partial charge in [-0.05, 0) is 127 Å². The molecule has 13 rings (SSSR count). The molecule has 300 valence electrons. The molecule has 6 nitrogen and oxygen atoms in total. The normalized spacial score (nSPS) is 16.2. The number of hydrogen-bond donors (Lipinski definition) is 1. The van der Waals surface area contributed by atoms with Crippen LogP contribution in [-0.2, 0) is 15.6 Å². The summed E-state index contributed by atoms with van der Waals surface area (Å²) >= 11 is 0. The molecule has 0 radical (unpaired) electrons. The number of H-pyrrole nitrogens is 1. The number of aliphatic imine (C=N–C) groups is 1. The Bertz CT molecular complexity index is 3340. The van der Waals surface area contributed by atoms with Crippen molar-refractivity contribution in [1.82, 2.24) is 4.98 Å². The molecule has 4 aliphatic carbocycles. The zero-order valence-corrected chi connectivity index (χ0v) is 34.7. The molecule has 7 aromatic carbocycles. The summed E-state index contributed by atoms with van der Waals surface area (Å²) in [5.74, 6) is 1.24.